The molecule has 39 heavy (non-hydrogen) atoms. The van der Waals surface area contributed by atoms with E-state index in [-0.39, 0.29) is 0 Å². The third-order valence-electron chi connectivity index (χ3n) is 8.30. The van der Waals surface area contributed by atoms with Crippen molar-refractivity contribution >= 4 is 65.4 Å². The van der Waals surface area contributed by atoms with Gasteiger partial charge >= 0.3 is 0 Å². The molecule has 0 aliphatic rings. The van der Waals surface area contributed by atoms with Gasteiger partial charge in [-0.1, -0.05) is 97.1 Å². The van der Waals surface area contributed by atoms with Gasteiger partial charge in [0.05, 0.1) is 11.0 Å². The second-order valence-corrected chi connectivity index (χ2v) is 10.4. The monoisotopic (exact) mass is 497 g/mol. The predicted molar refractivity (Wildman–Crippen MR) is 165 cm³/mol. The predicted octanol–water partition coefficient (Wildman–Crippen LogP) is 9.92. The van der Waals surface area contributed by atoms with Gasteiger partial charge in [0.25, 0.3) is 0 Å². The van der Waals surface area contributed by atoms with E-state index in [2.05, 4.69) is 136 Å². The molecule has 3 N–H and O–H groups in total. The molecule has 0 saturated carbocycles. The van der Waals surface area contributed by atoms with Crippen LogP contribution in [-0.2, 0) is 0 Å². The fourth-order valence-electron chi connectivity index (χ4n) is 6.47. The van der Waals surface area contributed by atoms with Crippen molar-refractivity contribution in [3.63, 3.8) is 0 Å². The maximum atomic E-state index is 3.73. The number of aromatic nitrogens is 3. The Morgan fingerprint density at radius 1 is 0.308 bits per heavy atom. The van der Waals surface area contributed by atoms with Crippen LogP contribution in [0.15, 0.2) is 121 Å². The quantitative estimate of drug-likeness (QED) is 0.213. The lowest BCUT2D eigenvalue weighted by Crippen LogP contribution is -1.81. The van der Waals surface area contributed by atoms with Gasteiger partial charge in [0.15, 0.2) is 0 Å². The fraction of sp³-hybridized carbons (Fsp3) is 0. The van der Waals surface area contributed by atoms with E-state index < -0.39 is 0 Å². The van der Waals surface area contributed by atoms with E-state index in [9.17, 15) is 0 Å². The first-order chi connectivity index (χ1) is 19.3. The lowest BCUT2D eigenvalue weighted by atomic mass is 9.99. The van der Waals surface area contributed by atoms with Crippen LogP contribution in [-0.4, -0.2) is 15.0 Å². The van der Waals surface area contributed by atoms with E-state index >= 15 is 0 Å². The summed E-state index contributed by atoms with van der Waals surface area (Å²) < 4.78 is 0. The number of para-hydroxylation sites is 4. The summed E-state index contributed by atoms with van der Waals surface area (Å²) in [4.78, 5) is 11.0. The van der Waals surface area contributed by atoms with Crippen molar-refractivity contribution in [2.24, 2.45) is 0 Å². The highest BCUT2D eigenvalue weighted by molar-refractivity contribution is 6.15. The molecule has 182 valence electrons. The normalized spacial score (nSPS) is 12.1. The van der Waals surface area contributed by atoms with Crippen LogP contribution < -0.4 is 0 Å². The van der Waals surface area contributed by atoms with Crippen LogP contribution in [0.25, 0.3) is 87.7 Å². The summed E-state index contributed by atoms with van der Waals surface area (Å²) in [6.45, 7) is 0. The smallest absolute Gasteiger partial charge is 0.0544 e. The van der Waals surface area contributed by atoms with Crippen molar-refractivity contribution in [2.75, 3.05) is 0 Å². The molecule has 0 radical (unpaired) electrons. The zero-order valence-electron chi connectivity index (χ0n) is 21.0. The molecule has 9 aromatic rings. The molecular formula is C36H23N3. The van der Waals surface area contributed by atoms with Gasteiger partial charge in [-0.25, -0.2) is 0 Å². The molecule has 3 nitrogen and oxygen atoms in total. The van der Waals surface area contributed by atoms with Crippen molar-refractivity contribution in [2.45, 2.75) is 0 Å². The fourth-order valence-corrected chi connectivity index (χ4v) is 6.47. The number of H-pyrrole nitrogens is 3. The van der Waals surface area contributed by atoms with Crippen LogP contribution in [0.1, 0.15) is 0 Å². The first-order valence-electron chi connectivity index (χ1n) is 13.4. The Morgan fingerprint density at radius 3 is 1.26 bits per heavy atom. The highest BCUT2D eigenvalue weighted by atomic mass is 14.7. The number of nitrogens with one attached hydrogen (secondary N) is 3. The Morgan fingerprint density at radius 2 is 0.744 bits per heavy atom. The summed E-state index contributed by atoms with van der Waals surface area (Å²) in [6, 6.07) is 43.7. The van der Waals surface area contributed by atoms with Crippen LogP contribution in [0.4, 0.5) is 0 Å². The van der Waals surface area contributed by atoms with Gasteiger partial charge in [-0.2, -0.15) is 0 Å². The zero-order valence-corrected chi connectivity index (χ0v) is 21.0. The molecule has 0 fully saturated rings. The number of fused-ring (bicyclic) bond motifs is 9. The Kier molecular flexibility index (Phi) is 4.05. The summed E-state index contributed by atoms with van der Waals surface area (Å²) >= 11 is 0. The lowest BCUT2D eigenvalue weighted by Gasteiger charge is -2.05. The number of hydrogen-bond donors (Lipinski definition) is 3. The van der Waals surface area contributed by atoms with Gasteiger partial charge in [0.1, 0.15) is 0 Å². The summed E-state index contributed by atoms with van der Waals surface area (Å²) in [5.41, 5.74) is 11.8. The maximum absolute atomic E-state index is 3.73. The van der Waals surface area contributed by atoms with Crippen molar-refractivity contribution in [3.8, 4) is 22.3 Å². The molecule has 9 rings (SSSR count). The summed E-state index contributed by atoms with van der Waals surface area (Å²) in [6.07, 6.45) is 0. The zero-order chi connectivity index (χ0) is 25.5. The third kappa shape index (κ3) is 2.93. The SMILES string of the molecule is c1ccc2c(c1)[nH]c1c(-c3ccc4c(c3)[nH]c3cc(-c5cccc6c5[nH]c5ccccc56)ccc34)cccc12. The summed E-state index contributed by atoms with van der Waals surface area (Å²) in [5.74, 6) is 0. The van der Waals surface area contributed by atoms with E-state index in [1.807, 2.05) is 0 Å². The topological polar surface area (TPSA) is 47.4 Å². The lowest BCUT2D eigenvalue weighted by molar-refractivity contribution is 1.52. The average molecular weight is 498 g/mol. The second kappa shape index (κ2) is 7.62. The Hall–Kier alpha value is -5.28. The van der Waals surface area contributed by atoms with Gasteiger partial charge in [-0.3, -0.25) is 0 Å². The van der Waals surface area contributed by atoms with Crippen LogP contribution in [0.2, 0.25) is 0 Å². The van der Waals surface area contributed by atoms with Crippen molar-refractivity contribution in [1.82, 2.24) is 15.0 Å². The molecule has 0 spiro atoms. The molecule has 0 aliphatic carbocycles. The van der Waals surface area contributed by atoms with Crippen LogP contribution in [0.5, 0.6) is 0 Å². The molecular weight excluding hydrogens is 474 g/mol. The second-order valence-electron chi connectivity index (χ2n) is 10.4. The minimum atomic E-state index is 1.15. The van der Waals surface area contributed by atoms with E-state index in [4.69, 9.17) is 0 Å². The molecule has 0 aliphatic heterocycles. The van der Waals surface area contributed by atoms with Crippen molar-refractivity contribution in [1.29, 1.82) is 0 Å². The minimum Gasteiger partial charge on any atom is -0.354 e. The molecule has 3 heteroatoms. The summed E-state index contributed by atoms with van der Waals surface area (Å²) in [7, 11) is 0. The van der Waals surface area contributed by atoms with Gasteiger partial charge in [0.2, 0.25) is 0 Å². The number of aromatic amines is 3. The van der Waals surface area contributed by atoms with E-state index in [0.717, 1.165) is 11.0 Å². The summed E-state index contributed by atoms with van der Waals surface area (Å²) in [5, 5.41) is 7.53. The van der Waals surface area contributed by atoms with Crippen molar-refractivity contribution < 1.29 is 0 Å². The van der Waals surface area contributed by atoms with E-state index in [1.54, 1.807) is 0 Å². The minimum absolute atomic E-state index is 1.15. The molecule has 0 atom stereocenters. The Bertz CT molecular complexity index is 2230. The third-order valence-corrected chi connectivity index (χ3v) is 8.30. The maximum Gasteiger partial charge on any atom is 0.0544 e. The molecule has 0 amide bonds. The van der Waals surface area contributed by atoms with Crippen LogP contribution in [0, 0.1) is 0 Å². The first-order valence-corrected chi connectivity index (χ1v) is 13.4. The van der Waals surface area contributed by atoms with Gasteiger partial charge in [0, 0.05) is 65.5 Å². The molecule has 0 saturated heterocycles. The van der Waals surface area contributed by atoms with Crippen LogP contribution in [0.3, 0.4) is 0 Å². The number of hydrogen-bond acceptors (Lipinski definition) is 0. The van der Waals surface area contributed by atoms with Gasteiger partial charge < -0.3 is 15.0 Å². The average Bonchev–Trinajstić information content (AvgIpc) is 3.67. The number of rotatable bonds is 2. The molecule has 6 aromatic carbocycles. The Labute approximate surface area is 223 Å². The van der Waals surface area contributed by atoms with Crippen molar-refractivity contribution in [3.05, 3.63) is 121 Å². The van der Waals surface area contributed by atoms with Gasteiger partial charge in [-0.05, 0) is 35.4 Å². The van der Waals surface area contributed by atoms with E-state index in [0.29, 0.717) is 0 Å². The molecule has 3 aromatic heterocycles. The largest absolute Gasteiger partial charge is 0.354 e. The van der Waals surface area contributed by atoms with Crippen LogP contribution >= 0.6 is 0 Å². The highest BCUT2D eigenvalue weighted by Crippen LogP contribution is 2.38. The van der Waals surface area contributed by atoms with E-state index in [1.165, 1.54) is 76.6 Å². The highest BCUT2D eigenvalue weighted by Gasteiger charge is 2.14. The number of benzene rings is 6. The standard InChI is InChI=1S/C36H23N3/c1-3-13-31-25(7-1)29-11-5-9-23(35(29)38-31)21-15-17-27-28-18-16-22(20-34(28)37-33(27)19-21)24-10-6-12-30-26-8-2-4-14-32(26)39-36(24)30/h1-20,37-39H. The van der Waals surface area contributed by atoms with Gasteiger partial charge in [-0.15, -0.1) is 0 Å². The Balaban J connectivity index is 1.21. The molecule has 0 unspecified atom stereocenters. The molecule has 0 bridgehead atoms. The first kappa shape index (κ1) is 20.7. The molecule has 3 heterocycles.